The summed E-state index contributed by atoms with van der Waals surface area (Å²) in [6.07, 6.45) is 1.59. The third kappa shape index (κ3) is 3.32. The number of sulfonamides is 1. The molecule has 0 bridgehead atoms. The molecule has 0 saturated heterocycles. The average molecular weight is 308 g/mol. The molecule has 0 fully saturated rings. The lowest BCUT2D eigenvalue weighted by molar-refractivity contribution is 0.280. The van der Waals surface area contributed by atoms with Crippen molar-refractivity contribution in [3.05, 3.63) is 47.8 Å². The number of aromatic nitrogens is 1. The first-order valence-corrected chi connectivity index (χ1v) is 7.68. The molecule has 0 radical (unpaired) electrons. The van der Waals surface area contributed by atoms with E-state index in [4.69, 9.17) is 9.84 Å². The number of aliphatic hydroxyl groups is 1. The lowest BCUT2D eigenvalue weighted by Gasteiger charge is -2.13. The molecule has 112 valence electrons. The number of benzene rings is 1. The van der Waals surface area contributed by atoms with Gasteiger partial charge in [0.15, 0.2) is 0 Å². The van der Waals surface area contributed by atoms with Crippen LogP contribution in [0, 0.1) is 6.92 Å². The van der Waals surface area contributed by atoms with E-state index in [-0.39, 0.29) is 17.3 Å². The van der Waals surface area contributed by atoms with Crippen LogP contribution in [-0.2, 0) is 16.6 Å². The number of hydrogen-bond donors (Lipinski definition) is 2. The van der Waals surface area contributed by atoms with E-state index in [0.29, 0.717) is 16.9 Å². The molecule has 0 aliphatic carbocycles. The van der Waals surface area contributed by atoms with Crippen LogP contribution in [0.3, 0.4) is 0 Å². The molecular weight excluding hydrogens is 292 g/mol. The number of pyridine rings is 1. The highest BCUT2D eigenvalue weighted by molar-refractivity contribution is 7.92. The molecule has 0 amide bonds. The number of nitrogens with one attached hydrogen (secondary N) is 1. The predicted molar refractivity (Wildman–Crippen MR) is 78.7 cm³/mol. The molecule has 2 rings (SSSR count). The van der Waals surface area contributed by atoms with E-state index in [1.165, 1.54) is 25.3 Å². The Morgan fingerprint density at radius 2 is 2.10 bits per heavy atom. The molecular formula is C14H16N2O4S. The summed E-state index contributed by atoms with van der Waals surface area (Å²) < 4.78 is 32.5. The molecule has 0 unspecified atom stereocenters. The number of nitrogens with zero attached hydrogens (tertiary/aromatic N) is 1. The van der Waals surface area contributed by atoms with Gasteiger partial charge in [0, 0.05) is 6.20 Å². The molecule has 1 aromatic heterocycles. The Kier molecular flexibility index (Phi) is 4.44. The van der Waals surface area contributed by atoms with Gasteiger partial charge < -0.3 is 9.84 Å². The van der Waals surface area contributed by atoms with Gasteiger partial charge in [0.25, 0.3) is 10.0 Å². The van der Waals surface area contributed by atoms with Crippen LogP contribution in [0.4, 0.5) is 5.69 Å². The van der Waals surface area contributed by atoms with Crippen LogP contribution in [0.15, 0.2) is 41.4 Å². The molecule has 0 saturated carbocycles. The van der Waals surface area contributed by atoms with Crippen molar-refractivity contribution in [2.45, 2.75) is 18.4 Å². The van der Waals surface area contributed by atoms with Crippen LogP contribution < -0.4 is 9.46 Å². The highest BCUT2D eigenvalue weighted by Gasteiger charge is 2.20. The van der Waals surface area contributed by atoms with E-state index >= 15 is 0 Å². The lowest BCUT2D eigenvalue weighted by Crippen LogP contribution is -2.15. The largest absolute Gasteiger partial charge is 0.495 e. The summed E-state index contributed by atoms with van der Waals surface area (Å²) in [6.45, 7) is 1.52. The maximum atomic E-state index is 12.5. The zero-order valence-corrected chi connectivity index (χ0v) is 12.5. The minimum Gasteiger partial charge on any atom is -0.495 e. The fourth-order valence-corrected chi connectivity index (χ4v) is 3.09. The quantitative estimate of drug-likeness (QED) is 0.877. The number of aryl methyl sites for hydroxylation is 1. The van der Waals surface area contributed by atoms with Crippen molar-refractivity contribution in [2.24, 2.45) is 0 Å². The van der Waals surface area contributed by atoms with Gasteiger partial charge in [0.2, 0.25) is 0 Å². The molecule has 1 heterocycles. The number of methoxy groups -OCH3 is 1. The summed E-state index contributed by atoms with van der Waals surface area (Å²) in [6, 6.07) is 7.71. The third-order valence-electron chi connectivity index (χ3n) is 2.95. The molecule has 1 aromatic carbocycles. The molecule has 0 aliphatic heterocycles. The predicted octanol–water partition coefficient (Wildman–Crippen LogP) is 1.69. The first-order valence-electron chi connectivity index (χ1n) is 6.20. The second kappa shape index (κ2) is 6.11. The molecule has 0 atom stereocenters. The Hall–Kier alpha value is -2.12. The molecule has 6 nitrogen and oxygen atoms in total. The van der Waals surface area contributed by atoms with Gasteiger partial charge in [-0.15, -0.1) is 0 Å². The van der Waals surface area contributed by atoms with Gasteiger partial charge in [-0.1, -0.05) is 6.07 Å². The second-order valence-electron chi connectivity index (χ2n) is 4.39. The fraction of sp³-hybridized carbons (Fsp3) is 0.214. The van der Waals surface area contributed by atoms with Gasteiger partial charge in [-0.2, -0.15) is 0 Å². The van der Waals surface area contributed by atoms with Crippen LogP contribution >= 0.6 is 0 Å². The first-order chi connectivity index (χ1) is 9.97. The number of aliphatic hydroxyl groups excluding tert-OH is 1. The Labute approximate surface area is 123 Å². The third-order valence-corrected chi connectivity index (χ3v) is 4.36. The zero-order valence-electron chi connectivity index (χ0n) is 11.7. The van der Waals surface area contributed by atoms with Gasteiger partial charge in [-0.3, -0.25) is 9.71 Å². The highest BCUT2D eigenvalue weighted by atomic mass is 32.2. The van der Waals surface area contributed by atoms with E-state index in [9.17, 15) is 8.42 Å². The van der Waals surface area contributed by atoms with Gasteiger partial charge in [0.05, 0.1) is 25.1 Å². The standard InChI is InChI=1S/C14H16N2O4S/c1-10-12(4-3-7-15-10)16-21(18,19)14-6-5-11(9-17)8-13(14)20-2/h3-8,16-17H,9H2,1-2H3. The van der Waals surface area contributed by atoms with Crippen LogP contribution in [0.2, 0.25) is 0 Å². The van der Waals surface area contributed by atoms with Crippen molar-refractivity contribution in [3.8, 4) is 5.75 Å². The monoisotopic (exact) mass is 308 g/mol. The molecule has 2 aromatic rings. The van der Waals surface area contributed by atoms with Crippen LogP contribution in [0.5, 0.6) is 5.75 Å². The van der Waals surface area contributed by atoms with Crippen molar-refractivity contribution in [1.29, 1.82) is 0 Å². The Bertz CT molecular complexity index is 744. The number of ether oxygens (including phenoxy) is 1. The lowest BCUT2D eigenvalue weighted by atomic mass is 10.2. The summed E-state index contributed by atoms with van der Waals surface area (Å²) in [5, 5.41) is 9.09. The van der Waals surface area contributed by atoms with Crippen molar-refractivity contribution < 1.29 is 18.3 Å². The molecule has 0 spiro atoms. The maximum Gasteiger partial charge on any atom is 0.265 e. The maximum absolute atomic E-state index is 12.5. The summed E-state index contributed by atoms with van der Waals surface area (Å²) in [4.78, 5) is 4.04. The Morgan fingerprint density at radius 3 is 2.71 bits per heavy atom. The van der Waals surface area contributed by atoms with Crippen LogP contribution in [-0.4, -0.2) is 25.6 Å². The van der Waals surface area contributed by atoms with E-state index in [1.54, 1.807) is 25.3 Å². The van der Waals surface area contributed by atoms with Crippen molar-refractivity contribution in [3.63, 3.8) is 0 Å². The molecule has 21 heavy (non-hydrogen) atoms. The van der Waals surface area contributed by atoms with E-state index < -0.39 is 10.0 Å². The van der Waals surface area contributed by atoms with E-state index in [2.05, 4.69) is 9.71 Å². The van der Waals surface area contributed by atoms with E-state index in [1.807, 2.05) is 0 Å². The summed E-state index contributed by atoms with van der Waals surface area (Å²) in [5.41, 5.74) is 1.56. The smallest absolute Gasteiger partial charge is 0.265 e. The second-order valence-corrected chi connectivity index (χ2v) is 6.04. The number of rotatable bonds is 5. The van der Waals surface area contributed by atoms with Gasteiger partial charge >= 0.3 is 0 Å². The van der Waals surface area contributed by atoms with Gasteiger partial charge in [-0.25, -0.2) is 8.42 Å². The number of anilines is 1. The van der Waals surface area contributed by atoms with Crippen LogP contribution in [0.1, 0.15) is 11.3 Å². The average Bonchev–Trinajstić information content (AvgIpc) is 2.48. The summed E-state index contributed by atoms with van der Waals surface area (Å²) in [5.74, 6) is 0.176. The topological polar surface area (TPSA) is 88.5 Å². The minimum atomic E-state index is -3.80. The van der Waals surface area contributed by atoms with Crippen LogP contribution in [0.25, 0.3) is 0 Å². The fourth-order valence-electron chi connectivity index (χ4n) is 1.82. The van der Waals surface area contributed by atoms with Crippen molar-refractivity contribution in [1.82, 2.24) is 4.98 Å². The molecule has 0 aliphatic rings. The van der Waals surface area contributed by atoms with E-state index in [0.717, 1.165) is 0 Å². The minimum absolute atomic E-state index is 0.00505. The molecule has 2 N–H and O–H groups in total. The zero-order chi connectivity index (χ0) is 15.5. The normalized spacial score (nSPS) is 11.2. The first kappa shape index (κ1) is 15.3. The molecule has 7 heteroatoms. The SMILES string of the molecule is COc1cc(CO)ccc1S(=O)(=O)Nc1cccnc1C. The number of hydrogen-bond acceptors (Lipinski definition) is 5. The van der Waals surface area contributed by atoms with Crippen molar-refractivity contribution >= 4 is 15.7 Å². The summed E-state index contributed by atoms with van der Waals surface area (Å²) >= 11 is 0. The van der Waals surface area contributed by atoms with Gasteiger partial charge in [-0.05, 0) is 36.8 Å². The highest BCUT2D eigenvalue weighted by Crippen LogP contribution is 2.27. The summed E-state index contributed by atoms with van der Waals surface area (Å²) in [7, 11) is -2.42. The van der Waals surface area contributed by atoms with Crippen molar-refractivity contribution in [2.75, 3.05) is 11.8 Å². The Morgan fingerprint density at radius 1 is 1.33 bits per heavy atom. The Balaban J connectivity index is 2.42. The van der Waals surface area contributed by atoms with Gasteiger partial charge in [0.1, 0.15) is 10.6 Å².